The highest BCUT2D eigenvalue weighted by atomic mass is 15.1. The van der Waals surface area contributed by atoms with Crippen molar-refractivity contribution in [3.8, 4) is 39.1 Å². The highest BCUT2D eigenvalue weighted by molar-refractivity contribution is 6.10. The number of rotatable bonds is 5. The lowest BCUT2D eigenvalue weighted by Gasteiger charge is -2.23. The van der Waals surface area contributed by atoms with Crippen LogP contribution in [-0.4, -0.2) is 11.6 Å². The summed E-state index contributed by atoms with van der Waals surface area (Å²) in [4.78, 5) is 2.27. The van der Waals surface area contributed by atoms with E-state index in [2.05, 4.69) is 233 Å². The molecule has 0 saturated carbocycles. The van der Waals surface area contributed by atoms with Gasteiger partial charge in [-0.05, 0) is 131 Å². The standard InChI is InChI=1S/C40H34N2.C15H14.C6H6/c1-27-14-19-34(20-15-27)42-38-13-9-8-12-36(38)37-26-32(18-23-39(37)42)40-28(2)24-35(25-29(40)3)41(4)33-21-16-31(17-22-33)30-10-6-5-7-11-30;1-15(2)13-9-5-3-7-11(13)12-8-4-6-10-14(12)15;1-2-4-6-5-3-1/h5-26H,1-4H3;3-10H,1-2H3;1-6H. The van der Waals surface area contributed by atoms with Gasteiger partial charge in [0.25, 0.3) is 0 Å². The zero-order valence-electron chi connectivity index (χ0n) is 37.2. The van der Waals surface area contributed by atoms with Crippen LogP contribution in [0.2, 0.25) is 0 Å². The van der Waals surface area contributed by atoms with E-state index in [1.807, 2.05) is 36.4 Å². The van der Waals surface area contributed by atoms with Crippen molar-refractivity contribution in [2.75, 3.05) is 11.9 Å². The number of benzene rings is 9. The van der Waals surface area contributed by atoms with Crippen molar-refractivity contribution in [3.63, 3.8) is 0 Å². The SMILES string of the molecule is CC1(C)c2ccccc2-c2ccccc21.Cc1ccc(-n2c3ccccc3c3cc(-c4c(C)cc(N(C)c5ccc(-c6ccccc6)cc5)cc4C)ccc32)cc1.c1ccccc1. The van der Waals surface area contributed by atoms with Gasteiger partial charge < -0.3 is 9.47 Å². The molecule has 2 heteroatoms. The van der Waals surface area contributed by atoms with Crippen LogP contribution in [0.5, 0.6) is 0 Å². The minimum atomic E-state index is 0.160. The average molecular weight is 815 g/mol. The summed E-state index contributed by atoms with van der Waals surface area (Å²) < 4.78 is 2.38. The molecule has 0 fully saturated rings. The Bertz CT molecular complexity index is 3060. The van der Waals surface area contributed by atoms with Crippen LogP contribution in [0.4, 0.5) is 11.4 Å². The van der Waals surface area contributed by atoms with E-state index < -0.39 is 0 Å². The molecule has 63 heavy (non-hydrogen) atoms. The Labute approximate surface area is 373 Å². The Morgan fingerprint density at radius 1 is 0.397 bits per heavy atom. The molecule has 1 heterocycles. The van der Waals surface area contributed by atoms with Gasteiger partial charge in [-0.2, -0.15) is 0 Å². The van der Waals surface area contributed by atoms with Crippen LogP contribution < -0.4 is 4.90 Å². The van der Waals surface area contributed by atoms with Crippen molar-refractivity contribution in [1.29, 1.82) is 0 Å². The molecule has 1 aliphatic rings. The molecule has 0 unspecified atom stereocenters. The predicted molar refractivity (Wildman–Crippen MR) is 271 cm³/mol. The van der Waals surface area contributed by atoms with Gasteiger partial charge in [-0.3, -0.25) is 0 Å². The van der Waals surface area contributed by atoms with E-state index in [0.29, 0.717) is 0 Å². The maximum atomic E-state index is 2.38. The summed E-state index contributed by atoms with van der Waals surface area (Å²) in [6.07, 6.45) is 0. The van der Waals surface area contributed by atoms with E-state index >= 15 is 0 Å². The Balaban J connectivity index is 0.000000195. The summed E-state index contributed by atoms with van der Waals surface area (Å²) in [5.41, 5.74) is 20.7. The maximum Gasteiger partial charge on any atom is 0.0541 e. The topological polar surface area (TPSA) is 8.17 Å². The first-order chi connectivity index (χ1) is 30.7. The molecule has 0 amide bonds. The van der Waals surface area contributed by atoms with Gasteiger partial charge in [0, 0.05) is 40.3 Å². The van der Waals surface area contributed by atoms with Crippen molar-refractivity contribution in [1.82, 2.24) is 4.57 Å². The first-order valence-electron chi connectivity index (χ1n) is 22.0. The number of anilines is 2. The van der Waals surface area contributed by atoms with Gasteiger partial charge in [-0.15, -0.1) is 0 Å². The fourth-order valence-electron chi connectivity index (χ4n) is 9.40. The average Bonchev–Trinajstić information content (AvgIpc) is 3.78. The van der Waals surface area contributed by atoms with Crippen LogP contribution in [0.1, 0.15) is 41.7 Å². The zero-order valence-corrected chi connectivity index (χ0v) is 37.2. The van der Waals surface area contributed by atoms with Gasteiger partial charge in [0.2, 0.25) is 0 Å². The van der Waals surface area contributed by atoms with Crippen molar-refractivity contribution in [3.05, 3.63) is 246 Å². The molecule has 10 aromatic rings. The smallest absolute Gasteiger partial charge is 0.0541 e. The van der Waals surface area contributed by atoms with Crippen molar-refractivity contribution >= 4 is 33.2 Å². The fraction of sp³-hybridized carbons (Fsp3) is 0.115. The number of hydrogen-bond acceptors (Lipinski definition) is 1. The van der Waals surface area contributed by atoms with Gasteiger partial charge in [-0.1, -0.05) is 183 Å². The summed E-state index contributed by atoms with van der Waals surface area (Å²) in [5.74, 6) is 0. The highest BCUT2D eigenvalue weighted by Crippen LogP contribution is 2.48. The number of hydrogen-bond donors (Lipinski definition) is 0. The van der Waals surface area contributed by atoms with Gasteiger partial charge in [0.15, 0.2) is 0 Å². The van der Waals surface area contributed by atoms with Gasteiger partial charge in [0.1, 0.15) is 0 Å². The lowest BCUT2D eigenvalue weighted by molar-refractivity contribution is 0.660. The first-order valence-corrected chi connectivity index (χ1v) is 22.0. The molecule has 2 nitrogen and oxygen atoms in total. The molecule has 0 atom stereocenters. The van der Waals surface area contributed by atoms with E-state index in [-0.39, 0.29) is 5.41 Å². The summed E-state index contributed by atoms with van der Waals surface area (Å²) in [6.45, 7) is 11.2. The van der Waals surface area contributed by atoms with Crippen LogP contribution in [0.3, 0.4) is 0 Å². The minimum Gasteiger partial charge on any atom is -0.345 e. The molecule has 1 aliphatic carbocycles. The Morgan fingerprint density at radius 2 is 0.873 bits per heavy atom. The minimum absolute atomic E-state index is 0.160. The monoisotopic (exact) mass is 814 g/mol. The number of aromatic nitrogens is 1. The van der Waals surface area contributed by atoms with Crippen LogP contribution in [0.25, 0.3) is 60.9 Å². The third-order valence-electron chi connectivity index (χ3n) is 12.7. The number of nitrogens with zero attached hydrogens (tertiary/aromatic N) is 2. The third kappa shape index (κ3) is 8.09. The molecule has 0 bridgehead atoms. The molecule has 308 valence electrons. The normalized spacial score (nSPS) is 12.1. The molecule has 0 spiro atoms. The van der Waals surface area contributed by atoms with Crippen molar-refractivity contribution < 1.29 is 0 Å². The summed E-state index contributed by atoms with van der Waals surface area (Å²) in [7, 11) is 2.15. The van der Waals surface area contributed by atoms with E-state index in [4.69, 9.17) is 0 Å². The molecule has 1 aromatic heterocycles. The van der Waals surface area contributed by atoms with Crippen LogP contribution in [0, 0.1) is 20.8 Å². The van der Waals surface area contributed by atoms with Crippen LogP contribution in [0.15, 0.2) is 218 Å². The molecule has 0 N–H and O–H groups in total. The Morgan fingerprint density at radius 3 is 1.48 bits per heavy atom. The fourth-order valence-corrected chi connectivity index (χ4v) is 9.40. The van der Waals surface area contributed by atoms with Gasteiger partial charge >= 0.3 is 0 Å². The van der Waals surface area contributed by atoms with Crippen molar-refractivity contribution in [2.45, 2.75) is 40.0 Å². The maximum absolute atomic E-state index is 2.38. The number of para-hydroxylation sites is 1. The van der Waals surface area contributed by atoms with Crippen molar-refractivity contribution in [2.24, 2.45) is 0 Å². The summed E-state index contributed by atoms with van der Waals surface area (Å²) >= 11 is 0. The van der Waals surface area contributed by atoms with E-state index in [9.17, 15) is 0 Å². The zero-order chi connectivity index (χ0) is 43.5. The second-order valence-electron chi connectivity index (χ2n) is 17.2. The second kappa shape index (κ2) is 17.5. The van der Waals surface area contributed by atoms with Gasteiger partial charge in [-0.25, -0.2) is 0 Å². The van der Waals surface area contributed by atoms with Crippen LogP contribution >= 0.6 is 0 Å². The Hall–Kier alpha value is -7.42. The number of fused-ring (bicyclic) bond motifs is 6. The summed E-state index contributed by atoms with van der Waals surface area (Å²) in [6, 6.07) is 77.9. The van der Waals surface area contributed by atoms with Crippen LogP contribution in [-0.2, 0) is 5.41 Å². The lowest BCUT2D eigenvalue weighted by atomic mass is 9.82. The molecular weight excluding hydrogens is 761 g/mol. The first kappa shape index (κ1) is 41.0. The summed E-state index contributed by atoms with van der Waals surface area (Å²) in [5, 5.41) is 2.56. The highest BCUT2D eigenvalue weighted by Gasteiger charge is 2.34. The molecule has 0 aliphatic heterocycles. The quantitative estimate of drug-likeness (QED) is 0.168. The predicted octanol–water partition coefficient (Wildman–Crippen LogP) is 16.5. The molecule has 9 aromatic carbocycles. The third-order valence-corrected chi connectivity index (χ3v) is 12.7. The lowest BCUT2D eigenvalue weighted by Crippen LogP contribution is -2.14. The Kier molecular flexibility index (Phi) is 11.4. The molecular formula is C61H54N2. The van der Waals surface area contributed by atoms with E-state index in [1.54, 1.807) is 0 Å². The second-order valence-corrected chi connectivity index (χ2v) is 17.2. The van der Waals surface area contributed by atoms with Gasteiger partial charge in [0.05, 0.1) is 11.0 Å². The molecule has 0 saturated heterocycles. The number of aryl methyl sites for hydroxylation is 3. The van der Waals surface area contributed by atoms with E-state index in [0.717, 1.165) is 0 Å². The van der Waals surface area contributed by atoms with E-state index in [1.165, 1.54) is 100 Å². The largest absolute Gasteiger partial charge is 0.345 e. The molecule has 0 radical (unpaired) electrons. The molecule has 11 rings (SSSR count).